The quantitative estimate of drug-likeness (QED) is 0.781. The van der Waals surface area contributed by atoms with Crippen molar-refractivity contribution < 1.29 is 18.8 Å². The fourth-order valence-electron chi connectivity index (χ4n) is 5.33. The molecular formula is C25H27FN4O3. The molecule has 33 heavy (non-hydrogen) atoms. The van der Waals surface area contributed by atoms with Gasteiger partial charge in [-0.2, -0.15) is 0 Å². The molecule has 0 aromatic heterocycles. The van der Waals surface area contributed by atoms with Crippen molar-refractivity contribution in [1.29, 1.82) is 0 Å². The molecule has 2 aromatic carbocycles. The van der Waals surface area contributed by atoms with Gasteiger partial charge < -0.3 is 15.1 Å². The predicted octanol–water partition coefficient (Wildman–Crippen LogP) is 3.12. The van der Waals surface area contributed by atoms with E-state index >= 15 is 0 Å². The number of anilines is 1. The van der Waals surface area contributed by atoms with Crippen molar-refractivity contribution in [1.82, 2.24) is 15.1 Å². The van der Waals surface area contributed by atoms with Crippen LogP contribution < -0.4 is 10.2 Å². The summed E-state index contributed by atoms with van der Waals surface area (Å²) in [6, 6.07) is 13.0. The summed E-state index contributed by atoms with van der Waals surface area (Å²) >= 11 is 0. The van der Waals surface area contributed by atoms with Crippen LogP contribution in [0.2, 0.25) is 0 Å². The third-order valence-corrected chi connectivity index (χ3v) is 6.95. The first-order valence-corrected chi connectivity index (χ1v) is 11.5. The van der Waals surface area contributed by atoms with E-state index in [9.17, 15) is 18.8 Å². The molecule has 0 bridgehead atoms. The molecule has 3 fully saturated rings. The van der Waals surface area contributed by atoms with Crippen LogP contribution in [-0.2, 0) is 0 Å². The molecule has 0 saturated carbocycles. The number of urea groups is 1. The lowest BCUT2D eigenvalue weighted by Gasteiger charge is -2.47. The van der Waals surface area contributed by atoms with Crippen LogP contribution in [0, 0.1) is 11.7 Å². The van der Waals surface area contributed by atoms with Crippen molar-refractivity contribution in [3.05, 3.63) is 65.5 Å². The maximum atomic E-state index is 13.6. The molecule has 5 rings (SSSR count). The van der Waals surface area contributed by atoms with Gasteiger partial charge in [0.15, 0.2) is 0 Å². The zero-order valence-electron chi connectivity index (χ0n) is 18.4. The molecule has 172 valence electrons. The minimum Gasteiger partial charge on any atom is -0.338 e. The molecule has 3 saturated heterocycles. The van der Waals surface area contributed by atoms with E-state index in [1.165, 1.54) is 12.1 Å². The van der Waals surface area contributed by atoms with E-state index in [1.807, 2.05) is 17.0 Å². The standard InChI is InChI=1S/C25H27FN4O3/c26-20-7-1-4-17(14-20)23(31)28-12-9-22-19(16-28)6-3-11-30(22)24(32)18-5-2-8-21(15-18)29-13-10-27-25(29)33/h1-2,4-5,7-8,14-15,19,22H,3,6,9-13,16H2,(H,27,33)/t19-,22+/m1/s1. The number of rotatable bonds is 3. The Morgan fingerprint density at radius 1 is 0.939 bits per heavy atom. The summed E-state index contributed by atoms with van der Waals surface area (Å²) < 4.78 is 13.6. The van der Waals surface area contributed by atoms with E-state index < -0.39 is 5.82 Å². The summed E-state index contributed by atoms with van der Waals surface area (Å²) in [6.07, 6.45) is 2.53. The lowest BCUT2D eigenvalue weighted by atomic mass is 9.83. The third kappa shape index (κ3) is 4.17. The average Bonchev–Trinajstić information content (AvgIpc) is 3.28. The second-order valence-electron chi connectivity index (χ2n) is 8.95. The first-order chi connectivity index (χ1) is 16.0. The van der Waals surface area contributed by atoms with E-state index in [1.54, 1.807) is 34.1 Å². The van der Waals surface area contributed by atoms with Crippen LogP contribution in [0.25, 0.3) is 0 Å². The molecule has 0 aliphatic carbocycles. The molecule has 3 aliphatic heterocycles. The number of hydrogen-bond acceptors (Lipinski definition) is 3. The van der Waals surface area contributed by atoms with Crippen molar-refractivity contribution in [2.24, 2.45) is 5.92 Å². The smallest absolute Gasteiger partial charge is 0.321 e. The molecule has 3 aliphatic rings. The first kappa shape index (κ1) is 21.4. The molecule has 2 aromatic rings. The number of likely N-dealkylation sites (tertiary alicyclic amines) is 2. The number of benzene rings is 2. The van der Waals surface area contributed by atoms with Crippen LogP contribution in [0.3, 0.4) is 0 Å². The van der Waals surface area contributed by atoms with Gasteiger partial charge in [0.25, 0.3) is 11.8 Å². The zero-order chi connectivity index (χ0) is 22.9. The van der Waals surface area contributed by atoms with E-state index in [4.69, 9.17) is 0 Å². The Morgan fingerprint density at radius 2 is 1.73 bits per heavy atom. The summed E-state index contributed by atoms with van der Waals surface area (Å²) in [5.74, 6) is -0.413. The zero-order valence-corrected chi connectivity index (χ0v) is 18.4. The van der Waals surface area contributed by atoms with E-state index in [0.29, 0.717) is 50.3 Å². The van der Waals surface area contributed by atoms with Crippen molar-refractivity contribution in [2.75, 3.05) is 37.6 Å². The highest BCUT2D eigenvalue weighted by atomic mass is 19.1. The van der Waals surface area contributed by atoms with Gasteiger partial charge in [-0.05, 0) is 61.6 Å². The molecule has 7 nitrogen and oxygen atoms in total. The number of amides is 4. The van der Waals surface area contributed by atoms with Crippen LogP contribution in [0.4, 0.5) is 14.9 Å². The molecule has 0 radical (unpaired) electrons. The Labute approximate surface area is 192 Å². The summed E-state index contributed by atoms with van der Waals surface area (Å²) in [5.41, 5.74) is 1.66. The van der Waals surface area contributed by atoms with Crippen LogP contribution in [0.5, 0.6) is 0 Å². The van der Waals surface area contributed by atoms with E-state index in [-0.39, 0.29) is 29.8 Å². The molecule has 3 heterocycles. The number of nitrogens with one attached hydrogen (secondary N) is 1. The molecule has 0 spiro atoms. The normalized spacial score (nSPS) is 22.7. The number of hydrogen-bond donors (Lipinski definition) is 1. The fourth-order valence-corrected chi connectivity index (χ4v) is 5.33. The fraction of sp³-hybridized carbons (Fsp3) is 0.400. The molecular weight excluding hydrogens is 423 g/mol. The first-order valence-electron chi connectivity index (χ1n) is 11.5. The Bertz CT molecular complexity index is 1090. The number of carbonyl (C=O) groups excluding carboxylic acids is 3. The number of halogens is 1. The number of piperidine rings is 2. The van der Waals surface area contributed by atoms with Gasteiger partial charge in [-0.25, -0.2) is 9.18 Å². The average molecular weight is 451 g/mol. The lowest BCUT2D eigenvalue weighted by molar-refractivity contribution is 0.0197. The monoisotopic (exact) mass is 450 g/mol. The Kier molecular flexibility index (Phi) is 5.74. The van der Waals surface area contributed by atoms with Gasteiger partial charge in [0.1, 0.15) is 5.82 Å². The van der Waals surface area contributed by atoms with Gasteiger partial charge in [0.05, 0.1) is 0 Å². The van der Waals surface area contributed by atoms with Crippen molar-refractivity contribution in [3.63, 3.8) is 0 Å². The lowest BCUT2D eigenvalue weighted by Crippen LogP contribution is -2.56. The van der Waals surface area contributed by atoms with Gasteiger partial charge in [-0.1, -0.05) is 12.1 Å². The highest BCUT2D eigenvalue weighted by molar-refractivity contribution is 5.99. The summed E-state index contributed by atoms with van der Waals surface area (Å²) in [4.78, 5) is 43.8. The second kappa shape index (κ2) is 8.84. The van der Waals surface area contributed by atoms with E-state index in [2.05, 4.69) is 5.32 Å². The third-order valence-electron chi connectivity index (χ3n) is 6.95. The highest BCUT2D eigenvalue weighted by Crippen LogP contribution is 2.33. The van der Waals surface area contributed by atoms with Crippen LogP contribution in [0.15, 0.2) is 48.5 Å². The Balaban J connectivity index is 1.30. The molecule has 4 amide bonds. The Hall–Kier alpha value is -3.42. The molecule has 1 N–H and O–H groups in total. The summed E-state index contributed by atoms with van der Waals surface area (Å²) in [5, 5.41) is 2.78. The minimum absolute atomic E-state index is 0.0314. The van der Waals surface area contributed by atoms with Crippen molar-refractivity contribution >= 4 is 23.5 Å². The largest absolute Gasteiger partial charge is 0.338 e. The number of nitrogens with zero attached hydrogens (tertiary/aromatic N) is 3. The van der Waals surface area contributed by atoms with Crippen molar-refractivity contribution in [2.45, 2.75) is 25.3 Å². The SMILES string of the molecule is O=C(c1cccc(F)c1)N1CC[C@H]2[C@H](CCCN2C(=O)c2cccc(N3CCNC3=O)c2)C1. The van der Waals surface area contributed by atoms with Gasteiger partial charge in [-0.15, -0.1) is 0 Å². The van der Waals surface area contributed by atoms with Crippen LogP contribution in [-0.4, -0.2) is 66.4 Å². The molecule has 8 heteroatoms. The molecule has 0 unspecified atom stereocenters. The predicted molar refractivity (Wildman–Crippen MR) is 122 cm³/mol. The van der Waals surface area contributed by atoms with Gasteiger partial charge in [0, 0.05) is 55.6 Å². The summed E-state index contributed by atoms with van der Waals surface area (Å²) in [7, 11) is 0. The Morgan fingerprint density at radius 3 is 2.48 bits per heavy atom. The van der Waals surface area contributed by atoms with Gasteiger partial charge in [0.2, 0.25) is 0 Å². The van der Waals surface area contributed by atoms with Gasteiger partial charge >= 0.3 is 6.03 Å². The molecule has 2 atom stereocenters. The van der Waals surface area contributed by atoms with Gasteiger partial charge in [-0.3, -0.25) is 14.5 Å². The van der Waals surface area contributed by atoms with Crippen LogP contribution >= 0.6 is 0 Å². The number of fused-ring (bicyclic) bond motifs is 1. The maximum Gasteiger partial charge on any atom is 0.321 e. The minimum atomic E-state index is -0.418. The maximum absolute atomic E-state index is 13.6. The highest BCUT2D eigenvalue weighted by Gasteiger charge is 2.39. The summed E-state index contributed by atoms with van der Waals surface area (Å²) in [6.45, 7) is 2.97. The van der Waals surface area contributed by atoms with Crippen LogP contribution in [0.1, 0.15) is 40.0 Å². The number of carbonyl (C=O) groups is 3. The van der Waals surface area contributed by atoms with E-state index in [0.717, 1.165) is 18.5 Å². The second-order valence-corrected chi connectivity index (χ2v) is 8.95. The topological polar surface area (TPSA) is 73.0 Å². The van der Waals surface area contributed by atoms with Crippen molar-refractivity contribution in [3.8, 4) is 0 Å².